The predicted molar refractivity (Wildman–Crippen MR) is 97.5 cm³/mol. The van der Waals surface area contributed by atoms with Gasteiger partial charge in [0.05, 0.1) is 30.3 Å². The van der Waals surface area contributed by atoms with Crippen LogP contribution in [0.4, 0.5) is 5.69 Å². The van der Waals surface area contributed by atoms with Gasteiger partial charge in [0.1, 0.15) is 11.5 Å². The van der Waals surface area contributed by atoms with Crippen molar-refractivity contribution in [2.45, 2.75) is 6.42 Å². The van der Waals surface area contributed by atoms with Crippen LogP contribution in [0.25, 0.3) is 0 Å². The summed E-state index contributed by atoms with van der Waals surface area (Å²) in [5.41, 5.74) is 0.580. The number of ether oxygens (including phenoxy) is 2. The fourth-order valence-corrected chi connectivity index (χ4v) is 2.67. The summed E-state index contributed by atoms with van der Waals surface area (Å²) in [5, 5.41) is 9.66. The topological polar surface area (TPSA) is 62.6 Å². The first-order valence-corrected chi connectivity index (χ1v) is 8.20. The summed E-state index contributed by atoms with van der Waals surface area (Å²) in [6.45, 7) is -0.00174. The van der Waals surface area contributed by atoms with Gasteiger partial charge in [-0.3, -0.25) is 4.79 Å². The number of methoxy groups -OCH3 is 1. The molecule has 2 aromatic carbocycles. The fraction of sp³-hybridized carbons (Fsp3) is 0.222. The van der Waals surface area contributed by atoms with E-state index in [1.807, 2.05) is 6.07 Å². The Morgan fingerprint density at radius 2 is 1.96 bits per heavy atom. The second kappa shape index (κ2) is 9.16. The molecule has 5 nitrogen and oxygen atoms in total. The number of amides is 1. The lowest BCUT2D eigenvalue weighted by atomic mass is 10.2. The van der Waals surface area contributed by atoms with E-state index in [2.05, 4.69) is 0 Å². The monoisotopic (exact) mass is 378 g/mol. The van der Waals surface area contributed by atoms with Crippen molar-refractivity contribution in [2.75, 3.05) is 25.2 Å². The third kappa shape index (κ3) is 5.02. The number of hydrogen-bond acceptors (Lipinski definition) is 4. The minimum absolute atomic E-state index is 0.186. The van der Waals surface area contributed by atoms with E-state index in [0.29, 0.717) is 27.2 Å². The third-order valence-electron chi connectivity index (χ3n) is 3.37. The van der Waals surface area contributed by atoms with E-state index >= 15 is 0 Å². The van der Waals surface area contributed by atoms with E-state index in [4.69, 9.17) is 37.9 Å². The van der Waals surface area contributed by atoms with Gasteiger partial charge in [0.25, 0.3) is 5.91 Å². The molecule has 0 spiro atoms. The van der Waals surface area contributed by atoms with Gasteiger partial charge >= 0.3 is 0 Å². The Morgan fingerprint density at radius 1 is 1.20 bits per heavy atom. The maximum atomic E-state index is 12.6. The Labute approximate surface area is 156 Å². The zero-order valence-electron chi connectivity index (χ0n) is 13.5. The van der Waals surface area contributed by atoms with E-state index in [9.17, 15) is 4.79 Å². The number of rotatable bonds is 7. The molecule has 0 unspecified atom stereocenters. The van der Waals surface area contributed by atoms with Gasteiger partial charge in [-0.2, -0.15) is 5.26 Å². The summed E-state index contributed by atoms with van der Waals surface area (Å²) < 4.78 is 10.8. The highest BCUT2D eigenvalue weighted by molar-refractivity contribution is 6.35. The molecule has 0 atom stereocenters. The Morgan fingerprint density at radius 3 is 2.64 bits per heavy atom. The van der Waals surface area contributed by atoms with Crippen molar-refractivity contribution in [1.82, 2.24) is 0 Å². The normalized spacial score (nSPS) is 10.0. The molecule has 0 aromatic heterocycles. The smallest absolute Gasteiger partial charge is 0.265 e. The van der Waals surface area contributed by atoms with Gasteiger partial charge in [0.15, 0.2) is 6.61 Å². The second-order valence-corrected chi connectivity index (χ2v) is 5.83. The molecule has 0 N–H and O–H groups in total. The second-order valence-electron chi connectivity index (χ2n) is 4.99. The highest BCUT2D eigenvalue weighted by Crippen LogP contribution is 2.29. The van der Waals surface area contributed by atoms with Crippen LogP contribution in [-0.2, 0) is 4.79 Å². The molecule has 0 aliphatic carbocycles. The number of nitriles is 1. The van der Waals surface area contributed by atoms with Crippen molar-refractivity contribution in [3.8, 4) is 17.6 Å². The van der Waals surface area contributed by atoms with Gasteiger partial charge in [0, 0.05) is 11.6 Å². The quantitative estimate of drug-likeness (QED) is 0.719. The van der Waals surface area contributed by atoms with Crippen molar-refractivity contribution in [3.05, 3.63) is 52.5 Å². The number of halogens is 2. The zero-order chi connectivity index (χ0) is 18.2. The average molecular weight is 379 g/mol. The summed E-state index contributed by atoms with van der Waals surface area (Å²) in [6, 6.07) is 13.9. The number of para-hydroxylation sites is 2. The molecule has 0 aliphatic heterocycles. The summed E-state index contributed by atoms with van der Waals surface area (Å²) in [6.07, 6.45) is 0.186. The summed E-state index contributed by atoms with van der Waals surface area (Å²) in [5.74, 6) is 0.587. The van der Waals surface area contributed by atoms with Crippen molar-refractivity contribution in [1.29, 1.82) is 5.26 Å². The van der Waals surface area contributed by atoms with Gasteiger partial charge in [-0.15, -0.1) is 0 Å². The summed E-state index contributed by atoms with van der Waals surface area (Å²) >= 11 is 11.9. The van der Waals surface area contributed by atoms with Crippen molar-refractivity contribution >= 4 is 34.8 Å². The van der Waals surface area contributed by atoms with Crippen LogP contribution in [0, 0.1) is 11.3 Å². The lowest BCUT2D eigenvalue weighted by Gasteiger charge is -2.23. The van der Waals surface area contributed by atoms with E-state index in [0.717, 1.165) is 0 Å². The maximum absolute atomic E-state index is 12.6. The molecule has 1 amide bonds. The first kappa shape index (κ1) is 18.9. The van der Waals surface area contributed by atoms with Gasteiger partial charge in [-0.1, -0.05) is 35.3 Å². The average Bonchev–Trinajstić information content (AvgIpc) is 2.61. The van der Waals surface area contributed by atoms with E-state index in [-0.39, 0.29) is 25.5 Å². The van der Waals surface area contributed by atoms with Crippen molar-refractivity contribution in [3.63, 3.8) is 0 Å². The molecule has 2 rings (SSSR count). The molecule has 0 heterocycles. The summed E-state index contributed by atoms with van der Waals surface area (Å²) in [7, 11) is 1.52. The van der Waals surface area contributed by atoms with Crippen LogP contribution in [0.5, 0.6) is 11.5 Å². The minimum Gasteiger partial charge on any atom is -0.495 e. The first-order chi connectivity index (χ1) is 12.1. The largest absolute Gasteiger partial charge is 0.495 e. The minimum atomic E-state index is -0.314. The van der Waals surface area contributed by atoms with Gasteiger partial charge in [-0.25, -0.2) is 0 Å². The first-order valence-electron chi connectivity index (χ1n) is 7.45. The molecule has 2 aromatic rings. The fourth-order valence-electron chi connectivity index (χ4n) is 2.20. The van der Waals surface area contributed by atoms with E-state index in [1.165, 1.54) is 18.1 Å². The standard InChI is InChI=1S/C18H16Cl2N2O3/c1-24-17-6-3-2-5-15(17)22(10-4-9-21)18(23)12-25-16-8-7-13(19)11-14(16)20/h2-3,5-8,11H,4,10,12H2,1H3. The molecular weight excluding hydrogens is 363 g/mol. The number of anilines is 1. The SMILES string of the molecule is COc1ccccc1N(CCC#N)C(=O)COc1ccc(Cl)cc1Cl. The molecule has 7 heteroatoms. The Hall–Kier alpha value is -2.42. The number of carbonyl (C=O) groups excluding carboxylic acids is 1. The van der Waals surface area contributed by atoms with Crippen molar-refractivity contribution in [2.24, 2.45) is 0 Å². The predicted octanol–water partition coefficient (Wildman–Crippen LogP) is 4.33. The number of benzene rings is 2. The van der Waals surface area contributed by atoms with Crippen LogP contribution in [-0.4, -0.2) is 26.2 Å². The Kier molecular flexibility index (Phi) is 6.93. The molecule has 0 radical (unpaired) electrons. The zero-order valence-corrected chi connectivity index (χ0v) is 15.0. The molecule has 0 fully saturated rings. The summed E-state index contributed by atoms with van der Waals surface area (Å²) in [4.78, 5) is 14.1. The van der Waals surface area contributed by atoms with Gasteiger partial charge in [-0.05, 0) is 30.3 Å². The lowest BCUT2D eigenvalue weighted by Crippen LogP contribution is -2.36. The van der Waals surface area contributed by atoms with Crippen LogP contribution >= 0.6 is 23.2 Å². The van der Waals surface area contributed by atoms with Crippen LogP contribution < -0.4 is 14.4 Å². The number of nitrogens with zero attached hydrogens (tertiary/aromatic N) is 2. The lowest BCUT2D eigenvalue weighted by molar-refractivity contribution is -0.120. The van der Waals surface area contributed by atoms with Crippen LogP contribution in [0.2, 0.25) is 10.0 Å². The highest BCUT2D eigenvalue weighted by atomic mass is 35.5. The molecule has 0 bridgehead atoms. The van der Waals surface area contributed by atoms with Gasteiger partial charge < -0.3 is 14.4 Å². The molecule has 0 aliphatic rings. The number of carbonyl (C=O) groups is 1. The van der Waals surface area contributed by atoms with E-state index < -0.39 is 0 Å². The van der Waals surface area contributed by atoms with E-state index in [1.54, 1.807) is 36.4 Å². The molecule has 25 heavy (non-hydrogen) atoms. The van der Waals surface area contributed by atoms with Crippen LogP contribution in [0.1, 0.15) is 6.42 Å². The Bertz CT molecular complexity index is 790. The maximum Gasteiger partial charge on any atom is 0.265 e. The highest BCUT2D eigenvalue weighted by Gasteiger charge is 2.20. The van der Waals surface area contributed by atoms with Crippen LogP contribution in [0.15, 0.2) is 42.5 Å². The molecule has 0 saturated carbocycles. The number of hydrogen-bond donors (Lipinski definition) is 0. The third-order valence-corrected chi connectivity index (χ3v) is 3.90. The Balaban J connectivity index is 2.17. The molecule has 130 valence electrons. The van der Waals surface area contributed by atoms with Crippen molar-refractivity contribution < 1.29 is 14.3 Å². The van der Waals surface area contributed by atoms with Crippen LogP contribution in [0.3, 0.4) is 0 Å². The molecule has 0 saturated heterocycles. The molecular formula is C18H16Cl2N2O3. The van der Waals surface area contributed by atoms with Gasteiger partial charge in [0.2, 0.25) is 0 Å².